The van der Waals surface area contributed by atoms with Gasteiger partial charge in [0.15, 0.2) is 17.4 Å². The molecule has 0 spiro atoms. The first-order chi connectivity index (χ1) is 11.8. The van der Waals surface area contributed by atoms with Crippen molar-refractivity contribution in [3.05, 3.63) is 76.0 Å². The molecule has 0 heterocycles. The second kappa shape index (κ2) is 7.52. The fourth-order valence-corrected chi connectivity index (χ4v) is 1.92. The molecule has 2 aromatic carbocycles. The van der Waals surface area contributed by atoms with Gasteiger partial charge in [0.2, 0.25) is 0 Å². The molecular formula is C17H14F2N2O4. The number of nitro benzene ring substituents is 1. The minimum Gasteiger partial charge on any atom is -0.457 e. The molecule has 25 heavy (non-hydrogen) atoms. The molecule has 6 nitrogen and oxygen atoms in total. The molecular weight excluding hydrogens is 334 g/mol. The van der Waals surface area contributed by atoms with Crippen LogP contribution in [0.5, 0.6) is 11.5 Å². The van der Waals surface area contributed by atoms with Crippen LogP contribution in [0.3, 0.4) is 0 Å². The molecule has 0 unspecified atom stereocenters. The summed E-state index contributed by atoms with van der Waals surface area (Å²) < 4.78 is 31.4. The van der Waals surface area contributed by atoms with Crippen molar-refractivity contribution in [1.82, 2.24) is 4.90 Å². The van der Waals surface area contributed by atoms with Crippen LogP contribution >= 0.6 is 0 Å². The van der Waals surface area contributed by atoms with E-state index in [2.05, 4.69) is 0 Å². The van der Waals surface area contributed by atoms with Crippen molar-refractivity contribution in [3.63, 3.8) is 0 Å². The maximum absolute atomic E-state index is 13.2. The van der Waals surface area contributed by atoms with Gasteiger partial charge in [-0.1, -0.05) is 0 Å². The van der Waals surface area contributed by atoms with Gasteiger partial charge in [0, 0.05) is 32.4 Å². The summed E-state index contributed by atoms with van der Waals surface area (Å²) in [5.74, 6) is -2.69. The Kier molecular flexibility index (Phi) is 5.43. The first-order valence-electron chi connectivity index (χ1n) is 7.08. The summed E-state index contributed by atoms with van der Waals surface area (Å²) >= 11 is 0. The van der Waals surface area contributed by atoms with Gasteiger partial charge in [-0.15, -0.1) is 0 Å². The van der Waals surface area contributed by atoms with Crippen molar-refractivity contribution >= 4 is 11.5 Å². The van der Waals surface area contributed by atoms with Gasteiger partial charge < -0.3 is 9.64 Å². The minimum absolute atomic E-state index is 0.0193. The standard InChI is InChI=1S/C17H14F2N2O4/c1-20(2)8-7-17(22)13-5-3-12(10-16(13)21(23)24)25-11-4-6-14(18)15(19)9-11/h3-10H,1-2H3/b8-7+. The fourth-order valence-electron chi connectivity index (χ4n) is 1.92. The number of carbonyl (C=O) groups is 1. The van der Waals surface area contributed by atoms with Gasteiger partial charge >= 0.3 is 0 Å². The average molecular weight is 348 g/mol. The van der Waals surface area contributed by atoms with Crippen LogP contribution in [-0.2, 0) is 0 Å². The molecule has 0 amide bonds. The van der Waals surface area contributed by atoms with Crippen molar-refractivity contribution in [1.29, 1.82) is 0 Å². The number of allylic oxidation sites excluding steroid dienone is 1. The molecule has 8 heteroatoms. The summed E-state index contributed by atoms with van der Waals surface area (Å²) in [6, 6.07) is 6.52. The highest BCUT2D eigenvalue weighted by Gasteiger charge is 2.20. The molecule has 0 saturated heterocycles. The van der Waals surface area contributed by atoms with E-state index in [1.54, 1.807) is 19.0 Å². The van der Waals surface area contributed by atoms with Gasteiger partial charge in [-0.3, -0.25) is 14.9 Å². The number of benzene rings is 2. The quantitative estimate of drug-likeness (QED) is 0.342. The van der Waals surface area contributed by atoms with Crippen LogP contribution < -0.4 is 4.74 Å². The topological polar surface area (TPSA) is 72.7 Å². The van der Waals surface area contributed by atoms with Crippen LogP contribution in [0.2, 0.25) is 0 Å². The number of halogens is 2. The summed E-state index contributed by atoms with van der Waals surface area (Å²) in [6.07, 6.45) is 2.68. The Bertz CT molecular complexity index is 851. The van der Waals surface area contributed by atoms with Crippen LogP contribution in [-0.4, -0.2) is 29.7 Å². The molecule has 0 fully saturated rings. The summed E-state index contributed by atoms with van der Waals surface area (Å²) in [5.41, 5.74) is -0.561. The second-order valence-corrected chi connectivity index (χ2v) is 5.26. The fraction of sp³-hybridized carbons (Fsp3) is 0.118. The van der Waals surface area contributed by atoms with Gasteiger partial charge in [-0.2, -0.15) is 0 Å². The monoisotopic (exact) mass is 348 g/mol. The van der Waals surface area contributed by atoms with E-state index in [9.17, 15) is 23.7 Å². The second-order valence-electron chi connectivity index (χ2n) is 5.26. The molecule has 0 saturated carbocycles. The van der Waals surface area contributed by atoms with E-state index in [1.165, 1.54) is 30.5 Å². The largest absolute Gasteiger partial charge is 0.457 e. The number of hydrogen-bond donors (Lipinski definition) is 0. The Labute approximate surface area is 142 Å². The molecule has 0 aliphatic heterocycles. The first-order valence-corrected chi connectivity index (χ1v) is 7.08. The number of carbonyl (C=O) groups excluding carboxylic acids is 1. The van der Waals surface area contributed by atoms with Gasteiger partial charge in [0.25, 0.3) is 5.69 Å². The molecule has 0 radical (unpaired) electrons. The zero-order valence-electron chi connectivity index (χ0n) is 13.4. The number of ether oxygens (including phenoxy) is 1. The van der Waals surface area contributed by atoms with Crippen LogP contribution in [0, 0.1) is 21.7 Å². The van der Waals surface area contributed by atoms with E-state index in [0.29, 0.717) is 0 Å². The third kappa shape index (κ3) is 4.60. The third-order valence-electron chi connectivity index (χ3n) is 3.08. The molecule has 0 aromatic heterocycles. The van der Waals surface area contributed by atoms with Gasteiger partial charge in [-0.05, 0) is 24.3 Å². The lowest BCUT2D eigenvalue weighted by Crippen LogP contribution is -2.05. The minimum atomic E-state index is -1.10. The van der Waals surface area contributed by atoms with Crippen LogP contribution in [0.15, 0.2) is 48.7 Å². The Morgan fingerprint density at radius 1 is 1.12 bits per heavy atom. The van der Waals surface area contributed by atoms with Crippen molar-refractivity contribution in [2.75, 3.05) is 14.1 Å². The van der Waals surface area contributed by atoms with Crippen molar-refractivity contribution in [2.24, 2.45) is 0 Å². The van der Waals surface area contributed by atoms with E-state index in [4.69, 9.17) is 4.74 Å². The SMILES string of the molecule is CN(C)/C=C/C(=O)c1ccc(Oc2ccc(F)c(F)c2)cc1[N+](=O)[O-]. The number of ketones is 1. The Balaban J connectivity index is 2.33. The highest BCUT2D eigenvalue weighted by Crippen LogP contribution is 2.29. The van der Waals surface area contributed by atoms with Gasteiger partial charge in [0.05, 0.1) is 16.6 Å². The van der Waals surface area contributed by atoms with Gasteiger partial charge in [0.1, 0.15) is 11.5 Å². The van der Waals surface area contributed by atoms with E-state index in [1.807, 2.05) is 0 Å². The van der Waals surface area contributed by atoms with Crippen LogP contribution in [0.4, 0.5) is 14.5 Å². The first kappa shape index (κ1) is 18.1. The molecule has 0 N–H and O–H groups in total. The zero-order valence-corrected chi connectivity index (χ0v) is 13.4. The smallest absolute Gasteiger partial charge is 0.284 e. The van der Waals surface area contributed by atoms with Crippen molar-refractivity contribution in [3.8, 4) is 11.5 Å². The average Bonchev–Trinajstić information content (AvgIpc) is 2.56. The Hall–Kier alpha value is -3.29. The molecule has 0 aliphatic carbocycles. The lowest BCUT2D eigenvalue weighted by atomic mass is 10.1. The number of nitro groups is 1. The molecule has 0 atom stereocenters. The molecule has 0 bridgehead atoms. The maximum atomic E-state index is 13.2. The highest BCUT2D eigenvalue weighted by molar-refractivity contribution is 6.07. The number of nitrogens with zero attached hydrogens (tertiary/aromatic N) is 2. The highest BCUT2D eigenvalue weighted by atomic mass is 19.2. The normalized spacial score (nSPS) is 10.7. The van der Waals surface area contributed by atoms with Crippen LogP contribution in [0.25, 0.3) is 0 Å². The lowest BCUT2D eigenvalue weighted by Gasteiger charge is -2.08. The third-order valence-corrected chi connectivity index (χ3v) is 3.08. The summed E-state index contributed by atoms with van der Waals surface area (Å²) in [5, 5.41) is 11.2. The summed E-state index contributed by atoms with van der Waals surface area (Å²) in [6.45, 7) is 0. The zero-order chi connectivity index (χ0) is 18.6. The van der Waals surface area contributed by atoms with Crippen molar-refractivity contribution in [2.45, 2.75) is 0 Å². The Morgan fingerprint density at radius 2 is 1.76 bits per heavy atom. The molecule has 0 aliphatic rings. The molecule has 2 aromatic rings. The van der Waals surface area contributed by atoms with E-state index in [-0.39, 0.29) is 17.1 Å². The van der Waals surface area contributed by atoms with E-state index < -0.39 is 28.0 Å². The van der Waals surface area contributed by atoms with Crippen LogP contribution in [0.1, 0.15) is 10.4 Å². The number of rotatable bonds is 6. The summed E-state index contributed by atoms with van der Waals surface area (Å²) in [7, 11) is 3.41. The Morgan fingerprint density at radius 3 is 2.36 bits per heavy atom. The maximum Gasteiger partial charge on any atom is 0.284 e. The summed E-state index contributed by atoms with van der Waals surface area (Å²) in [4.78, 5) is 24.2. The predicted octanol–water partition coefficient (Wildman–Crippen LogP) is 3.92. The van der Waals surface area contributed by atoms with Gasteiger partial charge in [-0.25, -0.2) is 8.78 Å². The van der Waals surface area contributed by atoms with E-state index >= 15 is 0 Å². The predicted molar refractivity (Wildman–Crippen MR) is 86.7 cm³/mol. The van der Waals surface area contributed by atoms with E-state index in [0.717, 1.165) is 18.2 Å². The molecule has 2 rings (SSSR count). The number of hydrogen-bond acceptors (Lipinski definition) is 5. The lowest BCUT2D eigenvalue weighted by molar-refractivity contribution is -0.385. The van der Waals surface area contributed by atoms with Crippen molar-refractivity contribution < 1.29 is 23.2 Å². The molecule has 130 valence electrons.